The lowest BCUT2D eigenvalue weighted by molar-refractivity contribution is -0.0735. The molecule has 1 rings (SSSR count). The molecule has 0 radical (unpaired) electrons. The minimum Gasteiger partial charge on any atom is -0.496 e. The molecule has 0 bridgehead atoms. The van der Waals surface area contributed by atoms with Gasteiger partial charge in [-0.1, -0.05) is 12.1 Å². The van der Waals surface area contributed by atoms with Crippen LogP contribution in [0.5, 0.6) is 5.75 Å². The lowest BCUT2D eigenvalue weighted by Crippen LogP contribution is -2.12. The number of hydrogen-bond acceptors (Lipinski definition) is 3. The number of hydroxylamine groups is 2. The highest BCUT2D eigenvalue weighted by Gasteiger charge is 2.04. The molecule has 1 N–H and O–H groups in total. The average Bonchev–Trinajstić information content (AvgIpc) is 2.07. The van der Waals surface area contributed by atoms with E-state index in [1.165, 1.54) is 0 Å². The smallest absolute Gasteiger partial charge is 0.123 e. The van der Waals surface area contributed by atoms with Gasteiger partial charge in [0.05, 0.1) is 13.7 Å². The van der Waals surface area contributed by atoms with E-state index >= 15 is 0 Å². The molecule has 3 nitrogen and oxygen atoms in total. The minimum atomic E-state index is 0.476. The molecule has 0 aliphatic rings. The van der Waals surface area contributed by atoms with E-state index in [4.69, 9.17) is 9.94 Å². The van der Waals surface area contributed by atoms with Gasteiger partial charge in [-0.2, -0.15) is 5.06 Å². The highest BCUT2D eigenvalue weighted by molar-refractivity contribution is 5.36. The first-order valence-electron chi connectivity index (χ1n) is 4.17. The standard InChI is InChI=1S/C10H15NO2/c1-8-4-5-9(7-11(2)12)10(6-8)13-3/h4-6,12H,7H2,1-3H3. The Morgan fingerprint density at radius 2 is 2.15 bits per heavy atom. The summed E-state index contributed by atoms with van der Waals surface area (Å²) in [4.78, 5) is 0. The molecular weight excluding hydrogens is 166 g/mol. The fourth-order valence-electron chi connectivity index (χ4n) is 1.23. The third-order valence-electron chi connectivity index (χ3n) is 1.84. The zero-order valence-electron chi connectivity index (χ0n) is 8.24. The molecule has 1 aromatic rings. The van der Waals surface area contributed by atoms with Crippen LogP contribution in [-0.2, 0) is 6.54 Å². The van der Waals surface area contributed by atoms with E-state index in [0.717, 1.165) is 21.9 Å². The molecule has 3 heteroatoms. The topological polar surface area (TPSA) is 32.7 Å². The van der Waals surface area contributed by atoms with E-state index in [-0.39, 0.29) is 0 Å². The number of ether oxygens (including phenoxy) is 1. The molecule has 0 aliphatic carbocycles. The van der Waals surface area contributed by atoms with Crippen LogP contribution in [0.1, 0.15) is 11.1 Å². The second kappa shape index (κ2) is 4.25. The van der Waals surface area contributed by atoms with Crippen LogP contribution in [0.15, 0.2) is 18.2 Å². The van der Waals surface area contributed by atoms with Crippen molar-refractivity contribution < 1.29 is 9.94 Å². The van der Waals surface area contributed by atoms with Gasteiger partial charge in [-0.3, -0.25) is 0 Å². The summed E-state index contributed by atoms with van der Waals surface area (Å²) in [6, 6.07) is 5.92. The Bertz CT molecular complexity index is 284. The zero-order chi connectivity index (χ0) is 9.84. The summed E-state index contributed by atoms with van der Waals surface area (Å²) in [5, 5.41) is 10.2. The number of aryl methyl sites for hydroxylation is 1. The maximum Gasteiger partial charge on any atom is 0.123 e. The first-order valence-corrected chi connectivity index (χ1v) is 4.17. The minimum absolute atomic E-state index is 0.476. The lowest BCUT2D eigenvalue weighted by atomic mass is 10.1. The Kier molecular flexibility index (Phi) is 3.28. The van der Waals surface area contributed by atoms with Crippen LogP contribution in [0, 0.1) is 6.92 Å². The lowest BCUT2D eigenvalue weighted by Gasteiger charge is -2.12. The highest BCUT2D eigenvalue weighted by Crippen LogP contribution is 2.20. The first kappa shape index (κ1) is 10.0. The Morgan fingerprint density at radius 1 is 1.46 bits per heavy atom. The van der Waals surface area contributed by atoms with Gasteiger partial charge in [0.1, 0.15) is 5.75 Å². The summed E-state index contributed by atoms with van der Waals surface area (Å²) in [5.41, 5.74) is 2.14. The summed E-state index contributed by atoms with van der Waals surface area (Å²) in [6.45, 7) is 2.48. The third-order valence-corrected chi connectivity index (χ3v) is 1.84. The van der Waals surface area contributed by atoms with Gasteiger partial charge < -0.3 is 9.94 Å². The quantitative estimate of drug-likeness (QED) is 0.722. The molecule has 0 unspecified atom stereocenters. The second-order valence-electron chi connectivity index (χ2n) is 3.13. The molecule has 0 amide bonds. The summed E-state index contributed by atoms with van der Waals surface area (Å²) >= 11 is 0. The van der Waals surface area contributed by atoms with E-state index in [1.54, 1.807) is 14.2 Å². The summed E-state index contributed by atoms with van der Waals surface area (Å²) < 4.78 is 5.19. The van der Waals surface area contributed by atoms with Crippen molar-refractivity contribution in [2.75, 3.05) is 14.2 Å². The van der Waals surface area contributed by atoms with Gasteiger partial charge in [-0.05, 0) is 18.6 Å². The van der Waals surface area contributed by atoms with Crippen LogP contribution in [0.25, 0.3) is 0 Å². The molecule has 72 valence electrons. The molecule has 0 saturated carbocycles. The van der Waals surface area contributed by atoms with Gasteiger partial charge in [-0.25, -0.2) is 0 Å². The van der Waals surface area contributed by atoms with Crippen LogP contribution < -0.4 is 4.74 Å². The summed E-state index contributed by atoms with van der Waals surface area (Å²) in [7, 11) is 3.24. The molecule has 0 fully saturated rings. The SMILES string of the molecule is COc1cc(C)ccc1CN(C)O. The van der Waals surface area contributed by atoms with Crippen molar-refractivity contribution in [2.24, 2.45) is 0 Å². The summed E-state index contributed by atoms with van der Waals surface area (Å²) in [5.74, 6) is 0.820. The number of benzene rings is 1. The van der Waals surface area contributed by atoms with E-state index in [2.05, 4.69) is 0 Å². The van der Waals surface area contributed by atoms with E-state index < -0.39 is 0 Å². The third kappa shape index (κ3) is 2.72. The largest absolute Gasteiger partial charge is 0.496 e. The van der Waals surface area contributed by atoms with E-state index in [9.17, 15) is 0 Å². The number of hydrogen-bond donors (Lipinski definition) is 1. The molecule has 0 atom stereocenters. The maximum absolute atomic E-state index is 9.07. The van der Waals surface area contributed by atoms with Crippen LogP contribution in [0.2, 0.25) is 0 Å². The molecule has 0 heterocycles. The zero-order valence-corrected chi connectivity index (χ0v) is 8.24. The van der Waals surface area contributed by atoms with Crippen molar-refractivity contribution in [1.82, 2.24) is 5.06 Å². The van der Waals surface area contributed by atoms with Crippen molar-refractivity contribution in [2.45, 2.75) is 13.5 Å². The van der Waals surface area contributed by atoms with Crippen molar-refractivity contribution in [3.8, 4) is 5.75 Å². The Hall–Kier alpha value is -1.06. The van der Waals surface area contributed by atoms with Crippen molar-refractivity contribution in [3.63, 3.8) is 0 Å². The predicted octanol–water partition coefficient (Wildman–Crippen LogP) is 1.82. The number of methoxy groups -OCH3 is 1. The van der Waals surface area contributed by atoms with Gasteiger partial charge in [0.25, 0.3) is 0 Å². The monoisotopic (exact) mass is 181 g/mol. The summed E-state index contributed by atoms with van der Waals surface area (Å²) in [6.07, 6.45) is 0. The van der Waals surface area contributed by atoms with Crippen molar-refractivity contribution in [3.05, 3.63) is 29.3 Å². The van der Waals surface area contributed by atoms with Gasteiger partial charge >= 0.3 is 0 Å². The Labute approximate surface area is 78.5 Å². The highest BCUT2D eigenvalue weighted by atomic mass is 16.5. The molecule has 13 heavy (non-hydrogen) atoms. The van der Waals surface area contributed by atoms with Gasteiger partial charge in [0.2, 0.25) is 0 Å². The molecule has 0 saturated heterocycles. The second-order valence-corrected chi connectivity index (χ2v) is 3.13. The van der Waals surface area contributed by atoms with Crippen LogP contribution in [0.4, 0.5) is 0 Å². The number of rotatable bonds is 3. The van der Waals surface area contributed by atoms with Crippen LogP contribution in [-0.4, -0.2) is 24.4 Å². The maximum atomic E-state index is 9.07. The normalized spacial score (nSPS) is 10.5. The molecule has 1 aromatic carbocycles. The van der Waals surface area contributed by atoms with E-state index in [1.807, 2.05) is 25.1 Å². The van der Waals surface area contributed by atoms with Crippen LogP contribution in [0.3, 0.4) is 0 Å². The van der Waals surface area contributed by atoms with Gasteiger partial charge in [0.15, 0.2) is 0 Å². The molecular formula is C10H15NO2. The molecule has 0 spiro atoms. The Balaban J connectivity index is 2.92. The average molecular weight is 181 g/mol. The fraction of sp³-hybridized carbons (Fsp3) is 0.400. The first-order chi connectivity index (χ1) is 6.13. The molecule has 0 aromatic heterocycles. The van der Waals surface area contributed by atoms with Gasteiger partial charge in [-0.15, -0.1) is 0 Å². The van der Waals surface area contributed by atoms with Crippen molar-refractivity contribution >= 4 is 0 Å². The van der Waals surface area contributed by atoms with Crippen molar-refractivity contribution in [1.29, 1.82) is 0 Å². The van der Waals surface area contributed by atoms with Gasteiger partial charge in [0, 0.05) is 12.6 Å². The molecule has 0 aliphatic heterocycles. The Morgan fingerprint density at radius 3 is 2.69 bits per heavy atom. The predicted molar refractivity (Wildman–Crippen MR) is 51.0 cm³/mol. The van der Waals surface area contributed by atoms with Crippen LogP contribution >= 0.6 is 0 Å². The fourth-order valence-corrected chi connectivity index (χ4v) is 1.23. The number of nitrogens with zero attached hydrogens (tertiary/aromatic N) is 1. The van der Waals surface area contributed by atoms with E-state index in [0.29, 0.717) is 6.54 Å².